The molecule has 0 aromatic heterocycles. The fourth-order valence-electron chi connectivity index (χ4n) is 2.14. The lowest BCUT2D eigenvalue weighted by Crippen LogP contribution is -1.97. The molecular weight excluding hydrogens is 176 g/mol. The molecule has 0 saturated carbocycles. The molecule has 0 unspecified atom stereocenters. The maximum atomic E-state index is 11.5. The first-order valence-corrected chi connectivity index (χ1v) is 4.99. The summed E-state index contributed by atoms with van der Waals surface area (Å²) in [5.74, 6) is 0.641. The number of hydrogen-bond acceptors (Lipinski definition) is 2. The van der Waals surface area contributed by atoms with Gasteiger partial charge in [0.25, 0.3) is 0 Å². The molecule has 2 heteroatoms. The Morgan fingerprint density at radius 1 is 1.29 bits per heavy atom. The van der Waals surface area contributed by atoms with Crippen molar-refractivity contribution in [2.45, 2.75) is 32.6 Å². The maximum Gasteiger partial charge on any atom is 0.167 e. The summed E-state index contributed by atoms with van der Waals surface area (Å²) in [6, 6.07) is 3.56. The largest absolute Gasteiger partial charge is 0.507 e. The molecule has 1 aliphatic carbocycles. The van der Waals surface area contributed by atoms with Crippen molar-refractivity contribution in [3.8, 4) is 5.75 Å². The average Bonchev–Trinajstić information content (AvgIpc) is 2.49. The van der Waals surface area contributed by atoms with Crippen LogP contribution in [0.4, 0.5) is 0 Å². The first kappa shape index (κ1) is 9.25. The Balaban J connectivity index is 2.64. The molecule has 1 aromatic carbocycles. The van der Waals surface area contributed by atoms with Crippen molar-refractivity contribution in [2.24, 2.45) is 0 Å². The highest BCUT2D eigenvalue weighted by atomic mass is 16.3. The number of phenolic OH excluding ortho intramolecular Hbond substituents is 1. The van der Waals surface area contributed by atoms with Crippen LogP contribution in [0.2, 0.25) is 0 Å². The summed E-state index contributed by atoms with van der Waals surface area (Å²) in [6.07, 6.45) is 1.34. The molecule has 0 saturated heterocycles. The summed E-state index contributed by atoms with van der Waals surface area (Å²) < 4.78 is 0. The van der Waals surface area contributed by atoms with Crippen molar-refractivity contribution >= 4 is 5.78 Å². The van der Waals surface area contributed by atoms with Gasteiger partial charge in [0.15, 0.2) is 5.78 Å². The summed E-state index contributed by atoms with van der Waals surface area (Å²) in [4.78, 5) is 11.5. The number of phenols is 1. The van der Waals surface area contributed by atoms with E-state index in [1.54, 1.807) is 6.07 Å². The molecule has 0 atom stereocenters. The minimum atomic E-state index is 0.0833. The fourth-order valence-corrected chi connectivity index (χ4v) is 2.14. The second-order valence-corrected chi connectivity index (χ2v) is 4.11. The smallest absolute Gasteiger partial charge is 0.167 e. The van der Waals surface area contributed by atoms with Crippen LogP contribution >= 0.6 is 0 Å². The van der Waals surface area contributed by atoms with Gasteiger partial charge < -0.3 is 5.11 Å². The fraction of sp³-hybridized carbons (Fsp3) is 0.417. The van der Waals surface area contributed by atoms with Crippen LogP contribution in [-0.2, 0) is 6.42 Å². The molecule has 0 amide bonds. The van der Waals surface area contributed by atoms with E-state index in [1.807, 2.05) is 6.07 Å². The van der Waals surface area contributed by atoms with E-state index in [1.165, 1.54) is 5.56 Å². The average molecular weight is 190 g/mol. The van der Waals surface area contributed by atoms with Gasteiger partial charge in [0.1, 0.15) is 5.75 Å². The zero-order valence-corrected chi connectivity index (χ0v) is 8.50. The number of benzene rings is 1. The zero-order chi connectivity index (χ0) is 10.3. The van der Waals surface area contributed by atoms with E-state index in [-0.39, 0.29) is 11.5 Å². The van der Waals surface area contributed by atoms with Crippen LogP contribution in [0.15, 0.2) is 12.1 Å². The lowest BCUT2D eigenvalue weighted by molar-refractivity contribution is 0.0992. The van der Waals surface area contributed by atoms with Crippen LogP contribution in [0.1, 0.15) is 47.7 Å². The van der Waals surface area contributed by atoms with Gasteiger partial charge in [-0.05, 0) is 29.5 Å². The number of aromatic hydroxyl groups is 1. The van der Waals surface area contributed by atoms with Crippen LogP contribution in [0.5, 0.6) is 5.75 Å². The summed E-state index contributed by atoms with van der Waals surface area (Å²) in [5.41, 5.74) is 2.82. The highest BCUT2D eigenvalue weighted by Gasteiger charge is 2.26. The molecule has 0 aliphatic heterocycles. The number of carbonyl (C=O) groups excluding carboxylic acids is 1. The lowest BCUT2D eigenvalue weighted by Gasteiger charge is -2.11. The van der Waals surface area contributed by atoms with Gasteiger partial charge in [-0.3, -0.25) is 4.79 Å². The molecule has 0 heterocycles. The van der Waals surface area contributed by atoms with Crippen LogP contribution < -0.4 is 0 Å². The minimum Gasteiger partial charge on any atom is -0.507 e. The summed E-state index contributed by atoms with van der Waals surface area (Å²) in [6.45, 7) is 4.21. The van der Waals surface area contributed by atoms with Crippen molar-refractivity contribution < 1.29 is 9.90 Å². The third-order valence-electron chi connectivity index (χ3n) is 2.83. The van der Waals surface area contributed by atoms with Gasteiger partial charge >= 0.3 is 0 Å². The van der Waals surface area contributed by atoms with E-state index in [9.17, 15) is 9.90 Å². The summed E-state index contributed by atoms with van der Waals surface area (Å²) in [7, 11) is 0. The third kappa shape index (κ3) is 1.22. The molecule has 2 rings (SSSR count). The molecule has 0 spiro atoms. The zero-order valence-electron chi connectivity index (χ0n) is 8.50. The Kier molecular flexibility index (Phi) is 2.06. The molecule has 0 bridgehead atoms. The van der Waals surface area contributed by atoms with Gasteiger partial charge in [-0.25, -0.2) is 0 Å². The summed E-state index contributed by atoms with van der Waals surface area (Å²) in [5, 5.41) is 9.59. The molecule has 0 fully saturated rings. The Bertz CT molecular complexity index is 392. The van der Waals surface area contributed by atoms with E-state index >= 15 is 0 Å². The van der Waals surface area contributed by atoms with E-state index in [2.05, 4.69) is 13.8 Å². The Morgan fingerprint density at radius 3 is 2.64 bits per heavy atom. The van der Waals surface area contributed by atoms with Crippen LogP contribution in [0.25, 0.3) is 0 Å². The Labute approximate surface area is 83.6 Å². The van der Waals surface area contributed by atoms with Gasteiger partial charge in [-0.15, -0.1) is 0 Å². The SMILES string of the molecule is CC(C)c1ccc(O)c2c1CCC2=O. The Morgan fingerprint density at radius 2 is 2.00 bits per heavy atom. The second kappa shape index (κ2) is 3.12. The standard InChI is InChI=1S/C12H14O2/c1-7(2)8-3-5-10(13)12-9(8)4-6-11(12)14/h3,5,7,13H,4,6H2,1-2H3. The molecular formula is C12H14O2. The number of fused-ring (bicyclic) bond motifs is 1. The van der Waals surface area contributed by atoms with E-state index in [0.717, 1.165) is 12.0 Å². The quantitative estimate of drug-likeness (QED) is 0.739. The van der Waals surface area contributed by atoms with Crippen molar-refractivity contribution in [2.75, 3.05) is 0 Å². The maximum absolute atomic E-state index is 11.5. The first-order chi connectivity index (χ1) is 6.61. The van der Waals surface area contributed by atoms with Gasteiger partial charge in [-0.1, -0.05) is 19.9 Å². The van der Waals surface area contributed by atoms with Crippen molar-refractivity contribution in [3.05, 3.63) is 28.8 Å². The topological polar surface area (TPSA) is 37.3 Å². The predicted octanol–water partition coefficient (Wildman–Crippen LogP) is 2.64. The van der Waals surface area contributed by atoms with E-state index < -0.39 is 0 Å². The van der Waals surface area contributed by atoms with Gasteiger partial charge in [0, 0.05) is 6.42 Å². The van der Waals surface area contributed by atoms with Crippen molar-refractivity contribution in [1.82, 2.24) is 0 Å². The van der Waals surface area contributed by atoms with E-state index in [4.69, 9.17) is 0 Å². The molecule has 2 nitrogen and oxygen atoms in total. The highest BCUT2D eigenvalue weighted by molar-refractivity contribution is 6.03. The predicted molar refractivity (Wildman–Crippen MR) is 54.8 cm³/mol. The monoisotopic (exact) mass is 190 g/mol. The van der Waals surface area contributed by atoms with Gasteiger partial charge in [-0.2, -0.15) is 0 Å². The summed E-state index contributed by atoms with van der Waals surface area (Å²) >= 11 is 0. The number of carbonyl (C=O) groups is 1. The molecule has 1 N–H and O–H groups in total. The van der Waals surface area contributed by atoms with Gasteiger partial charge in [0.05, 0.1) is 5.56 Å². The normalized spacial score (nSPS) is 14.9. The molecule has 0 radical (unpaired) electrons. The van der Waals surface area contributed by atoms with Crippen LogP contribution in [0, 0.1) is 0 Å². The first-order valence-electron chi connectivity index (χ1n) is 4.99. The van der Waals surface area contributed by atoms with Crippen molar-refractivity contribution in [3.63, 3.8) is 0 Å². The highest BCUT2D eigenvalue weighted by Crippen LogP contribution is 2.35. The third-order valence-corrected chi connectivity index (χ3v) is 2.83. The van der Waals surface area contributed by atoms with Crippen molar-refractivity contribution in [1.29, 1.82) is 0 Å². The lowest BCUT2D eigenvalue weighted by atomic mass is 9.94. The molecule has 74 valence electrons. The van der Waals surface area contributed by atoms with E-state index in [0.29, 0.717) is 17.9 Å². The molecule has 14 heavy (non-hydrogen) atoms. The van der Waals surface area contributed by atoms with Crippen LogP contribution in [-0.4, -0.2) is 10.9 Å². The van der Waals surface area contributed by atoms with Crippen LogP contribution in [0.3, 0.4) is 0 Å². The number of hydrogen-bond donors (Lipinski definition) is 1. The second-order valence-electron chi connectivity index (χ2n) is 4.11. The number of ketones is 1. The Hall–Kier alpha value is -1.31. The minimum absolute atomic E-state index is 0.0833. The number of Topliss-reactive ketones (excluding diaryl/α,β-unsaturated/α-hetero) is 1. The number of rotatable bonds is 1. The van der Waals surface area contributed by atoms with Gasteiger partial charge in [0.2, 0.25) is 0 Å². The molecule has 1 aromatic rings. The molecule has 1 aliphatic rings.